The number of nitrogens with two attached hydrogens (primary N) is 1. The molecule has 12 rings (SSSR count). The largest absolute Gasteiger partial charge is 0.435 e. The molecule has 2 saturated heterocycles. The van der Waals surface area contributed by atoms with Crippen molar-refractivity contribution in [3.05, 3.63) is 173 Å². The second-order valence-electron chi connectivity index (χ2n) is 18.9. The van der Waals surface area contributed by atoms with E-state index in [-0.39, 0.29) is 38.3 Å². The summed E-state index contributed by atoms with van der Waals surface area (Å²) in [6, 6.07) is 26.8. The second-order valence-corrected chi connectivity index (χ2v) is 19.3. The summed E-state index contributed by atoms with van der Waals surface area (Å²) in [5, 5.41) is 3.72. The number of hydrogen-bond donors (Lipinski definition) is 2. The molecule has 2 aliphatic heterocycles. The van der Waals surface area contributed by atoms with Crippen LogP contribution >= 0.6 is 11.6 Å². The molecule has 0 saturated carbocycles. The molecule has 2 aliphatic rings. The maximum atomic E-state index is 15.4. The van der Waals surface area contributed by atoms with Crippen LogP contribution in [0.25, 0.3) is 66.8 Å². The fourth-order valence-corrected chi connectivity index (χ4v) is 9.57. The highest BCUT2D eigenvalue weighted by atomic mass is 35.5. The Balaban J connectivity index is 0.000000157. The molecule has 16 nitrogen and oxygen atoms in total. The standard InChI is InChI=1S/C30H24F4N6O2.C15H9ClF2N2.C15H16F2N4O2/c1-17-26(23-4-2-3-9-35-23)37-24-15-19(31)14-22(32)25(24)27(17)38-28-21(18-5-7-20(8-6-18)42-29(33)34)16-36-30(39-28)40-10-12-41-13-11-40;1-8-14(16)13-10(18)6-9(17)7-12(13)20-15(8)11-4-2-3-5-19-11;16-14(17)23-11-3-1-10(2-4-11)12-9-19-15(20-13(12)18)21-5-7-22-8-6-21/h2-9,14-16,29H,10-13H2,1H3,(H,36,37,38,39);2-7H,1H3;1-4,9,14H,5-8H2,(H2,18,19,20). The first-order chi connectivity index (χ1) is 41.1. The Hall–Kier alpha value is -9.39. The third kappa shape index (κ3) is 13.8. The van der Waals surface area contributed by atoms with Crippen molar-refractivity contribution in [3.63, 3.8) is 0 Å². The SMILES string of the molecule is Cc1c(-c2ccccn2)nc2cc(F)cc(F)c2c1Cl.Cc1c(-c2ccccn2)nc2cc(F)cc(F)c2c1Nc1nc(N2CCOCC2)ncc1-c1ccc(OC(F)F)cc1.Nc1nc(N2CCOCC2)ncc1-c1ccc(OC(F)F)cc1. The van der Waals surface area contributed by atoms with E-state index in [1.165, 1.54) is 24.3 Å². The van der Waals surface area contributed by atoms with Gasteiger partial charge in [0.1, 0.15) is 46.4 Å². The van der Waals surface area contributed by atoms with Gasteiger partial charge in [-0.2, -0.15) is 27.5 Å². The molecule has 85 heavy (non-hydrogen) atoms. The number of nitrogens with zero attached hydrogens (tertiary/aromatic N) is 10. The molecule has 2 fully saturated rings. The van der Waals surface area contributed by atoms with Crippen LogP contribution in [0.5, 0.6) is 11.5 Å². The zero-order valence-corrected chi connectivity index (χ0v) is 45.9. The van der Waals surface area contributed by atoms with Crippen LogP contribution in [0.1, 0.15) is 11.1 Å². The van der Waals surface area contributed by atoms with Crippen LogP contribution < -0.4 is 30.3 Å². The summed E-state index contributed by atoms with van der Waals surface area (Å²) in [7, 11) is 0. The zero-order valence-electron chi connectivity index (χ0n) is 45.1. The molecular weight excluding hydrogens is 1140 g/mol. The molecule has 0 unspecified atom stereocenters. The van der Waals surface area contributed by atoms with Gasteiger partial charge in [-0.3, -0.25) is 9.97 Å². The molecular formula is C60H49ClF8N12O4. The molecule has 0 spiro atoms. The van der Waals surface area contributed by atoms with E-state index in [9.17, 15) is 30.7 Å². The maximum Gasteiger partial charge on any atom is 0.387 e. The Labute approximate surface area is 485 Å². The smallest absolute Gasteiger partial charge is 0.387 e. The molecule has 0 aliphatic carbocycles. The van der Waals surface area contributed by atoms with Gasteiger partial charge >= 0.3 is 13.2 Å². The van der Waals surface area contributed by atoms with Crippen molar-refractivity contribution in [3.8, 4) is 56.5 Å². The summed E-state index contributed by atoms with van der Waals surface area (Å²) in [4.78, 5) is 39.4. The van der Waals surface area contributed by atoms with Crippen LogP contribution in [0, 0.1) is 37.1 Å². The van der Waals surface area contributed by atoms with Crippen LogP contribution in [0.3, 0.4) is 0 Å². The molecule has 0 amide bonds. The van der Waals surface area contributed by atoms with Crippen molar-refractivity contribution in [2.75, 3.05) is 73.5 Å². The summed E-state index contributed by atoms with van der Waals surface area (Å²) in [5.41, 5.74) is 12.4. The number of halogens is 9. The van der Waals surface area contributed by atoms with Crippen molar-refractivity contribution in [1.82, 2.24) is 39.9 Å². The number of ether oxygens (including phenoxy) is 4. The monoisotopic (exact) mass is 1190 g/mol. The number of aromatic nitrogens is 8. The van der Waals surface area contributed by atoms with Crippen LogP contribution in [-0.4, -0.2) is 106 Å². The van der Waals surface area contributed by atoms with Crippen LogP contribution in [-0.2, 0) is 9.47 Å². The van der Waals surface area contributed by atoms with E-state index < -0.39 is 36.5 Å². The highest BCUT2D eigenvalue weighted by Gasteiger charge is 2.24. The minimum atomic E-state index is -2.96. The molecule has 6 aromatic heterocycles. The fourth-order valence-electron chi connectivity index (χ4n) is 9.30. The molecule has 4 aromatic carbocycles. The molecule has 0 bridgehead atoms. The van der Waals surface area contributed by atoms with E-state index in [1.54, 1.807) is 93.2 Å². The van der Waals surface area contributed by atoms with Gasteiger partial charge in [-0.15, -0.1) is 0 Å². The maximum absolute atomic E-state index is 15.4. The summed E-state index contributed by atoms with van der Waals surface area (Å²) < 4.78 is 126. The Morgan fingerprint density at radius 2 is 1.01 bits per heavy atom. The number of benzene rings is 4. The average molecular weight is 1190 g/mol. The van der Waals surface area contributed by atoms with Gasteiger partial charge in [0.2, 0.25) is 11.9 Å². The van der Waals surface area contributed by atoms with Gasteiger partial charge in [-0.05, 0) is 79.1 Å². The van der Waals surface area contributed by atoms with E-state index >= 15 is 4.39 Å². The minimum Gasteiger partial charge on any atom is -0.435 e. The molecule has 0 radical (unpaired) electrons. The van der Waals surface area contributed by atoms with Gasteiger partial charge in [-0.25, -0.2) is 37.5 Å². The van der Waals surface area contributed by atoms with E-state index in [0.717, 1.165) is 42.9 Å². The Morgan fingerprint density at radius 1 is 0.553 bits per heavy atom. The first-order valence-electron chi connectivity index (χ1n) is 26.2. The lowest BCUT2D eigenvalue weighted by Crippen LogP contribution is -2.37. The normalized spacial score (nSPS) is 13.3. The van der Waals surface area contributed by atoms with E-state index in [0.29, 0.717) is 119 Å². The fraction of sp³-hybridized carbons (Fsp3) is 0.200. The van der Waals surface area contributed by atoms with Crippen molar-refractivity contribution >= 4 is 62.6 Å². The number of fused-ring (bicyclic) bond motifs is 2. The number of nitrogens with one attached hydrogen (secondary N) is 1. The molecule has 436 valence electrons. The first-order valence-corrected chi connectivity index (χ1v) is 26.6. The lowest BCUT2D eigenvalue weighted by Gasteiger charge is -2.27. The van der Waals surface area contributed by atoms with Gasteiger partial charge in [0.15, 0.2) is 0 Å². The van der Waals surface area contributed by atoms with Crippen molar-refractivity contribution in [2.45, 2.75) is 27.1 Å². The van der Waals surface area contributed by atoms with E-state index in [1.807, 2.05) is 15.9 Å². The van der Waals surface area contributed by atoms with Crippen LogP contribution in [0.2, 0.25) is 5.02 Å². The molecule has 8 heterocycles. The van der Waals surface area contributed by atoms with Gasteiger partial charge in [0, 0.05) is 91.9 Å². The summed E-state index contributed by atoms with van der Waals surface area (Å²) in [6.07, 6.45) is 6.48. The van der Waals surface area contributed by atoms with Gasteiger partial charge in [0.05, 0.1) is 81.7 Å². The third-order valence-electron chi connectivity index (χ3n) is 13.4. The highest BCUT2D eigenvalue weighted by Crippen LogP contribution is 2.40. The topological polar surface area (TPSA) is 185 Å². The Bertz CT molecular complexity index is 3970. The number of rotatable bonds is 12. The predicted molar refractivity (Wildman–Crippen MR) is 306 cm³/mol. The summed E-state index contributed by atoms with van der Waals surface area (Å²) in [5.74, 6) is -1.23. The van der Waals surface area contributed by atoms with Gasteiger partial charge in [0.25, 0.3) is 0 Å². The number of hydrogen-bond acceptors (Lipinski definition) is 16. The molecule has 10 aromatic rings. The zero-order chi connectivity index (χ0) is 59.7. The van der Waals surface area contributed by atoms with Crippen LogP contribution in [0.15, 0.2) is 134 Å². The summed E-state index contributed by atoms with van der Waals surface area (Å²) >= 11 is 6.21. The molecule has 0 atom stereocenters. The van der Waals surface area contributed by atoms with Crippen molar-refractivity contribution in [1.29, 1.82) is 0 Å². The first kappa shape index (κ1) is 58.8. The second kappa shape index (κ2) is 26.5. The number of morpholine rings is 2. The van der Waals surface area contributed by atoms with Gasteiger partial charge in [-0.1, -0.05) is 48.0 Å². The third-order valence-corrected chi connectivity index (χ3v) is 13.9. The minimum absolute atomic E-state index is 0.00538. The molecule has 25 heteroatoms. The Morgan fingerprint density at radius 3 is 1.49 bits per heavy atom. The quantitative estimate of drug-likeness (QED) is 0.110. The highest BCUT2D eigenvalue weighted by molar-refractivity contribution is 6.36. The van der Waals surface area contributed by atoms with Crippen LogP contribution in [0.4, 0.5) is 64.3 Å². The number of anilines is 5. The summed E-state index contributed by atoms with van der Waals surface area (Å²) in [6.45, 7) is 2.59. The lowest BCUT2D eigenvalue weighted by atomic mass is 10.0. The predicted octanol–water partition coefficient (Wildman–Crippen LogP) is 13.2. The molecule has 3 N–H and O–H groups in total. The number of nitrogen functional groups attached to an aromatic ring is 1. The van der Waals surface area contributed by atoms with E-state index in [2.05, 4.69) is 49.7 Å². The lowest BCUT2D eigenvalue weighted by molar-refractivity contribution is -0.0505. The number of alkyl halides is 4. The Kier molecular flexibility index (Phi) is 18.3. The average Bonchev–Trinajstić information content (AvgIpc) is 3.42. The number of pyridine rings is 4. The van der Waals surface area contributed by atoms with E-state index in [4.69, 9.17) is 31.8 Å². The van der Waals surface area contributed by atoms with Crippen molar-refractivity contribution in [2.24, 2.45) is 0 Å². The van der Waals surface area contributed by atoms with Gasteiger partial charge < -0.3 is 39.8 Å². The van der Waals surface area contributed by atoms with Crippen molar-refractivity contribution < 1.29 is 54.1 Å².